The molecule has 0 spiro atoms. The molecular weight excluding hydrogens is 527 g/mol. The van der Waals surface area contributed by atoms with Crippen molar-refractivity contribution in [3.63, 3.8) is 0 Å². The molecule has 1 aliphatic heterocycles. The summed E-state index contributed by atoms with van der Waals surface area (Å²) in [5.41, 5.74) is 3.11. The predicted octanol–water partition coefficient (Wildman–Crippen LogP) is 2.36. The molecule has 3 N–H and O–H groups in total. The lowest BCUT2D eigenvalue weighted by Gasteiger charge is -2.13. The molecule has 3 rings (SSSR count). The van der Waals surface area contributed by atoms with Crippen molar-refractivity contribution in [1.29, 1.82) is 0 Å². The molecule has 12 heteroatoms. The zero-order chi connectivity index (χ0) is 25.2. The number of halogens is 2. The fourth-order valence-electron chi connectivity index (χ4n) is 3.13. The molecule has 1 heterocycles. The van der Waals surface area contributed by atoms with E-state index < -0.39 is 23.5 Å². The van der Waals surface area contributed by atoms with Gasteiger partial charge in [-0.2, -0.15) is 5.10 Å². The number of nitrogens with zero attached hydrogens (tertiary/aromatic N) is 1. The number of hydrogen-bond acceptors (Lipinski definition) is 7. The molecule has 1 saturated heterocycles. The molecule has 0 bridgehead atoms. The van der Waals surface area contributed by atoms with E-state index in [1.165, 1.54) is 37.6 Å². The Kier molecular flexibility index (Phi) is 9.56. The Labute approximate surface area is 209 Å². The number of hydrazone groups is 1. The van der Waals surface area contributed by atoms with Crippen LogP contribution in [0.3, 0.4) is 0 Å². The third-order valence-electron chi connectivity index (χ3n) is 4.83. The summed E-state index contributed by atoms with van der Waals surface area (Å²) in [4.78, 5) is 35.9. The van der Waals surface area contributed by atoms with Gasteiger partial charge in [0.15, 0.2) is 18.1 Å². The summed E-state index contributed by atoms with van der Waals surface area (Å²) in [6, 6.07) is 8.54. The van der Waals surface area contributed by atoms with Gasteiger partial charge in [-0.3, -0.25) is 14.4 Å². The van der Waals surface area contributed by atoms with Gasteiger partial charge in [0.05, 0.1) is 23.9 Å². The van der Waals surface area contributed by atoms with Gasteiger partial charge >= 0.3 is 11.8 Å². The van der Waals surface area contributed by atoms with Crippen molar-refractivity contribution < 1.29 is 33.0 Å². The van der Waals surface area contributed by atoms with Crippen LogP contribution in [0.25, 0.3) is 0 Å². The zero-order valence-electron chi connectivity index (χ0n) is 18.8. The molecule has 0 unspecified atom stereocenters. The van der Waals surface area contributed by atoms with Crippen LogP contribution in [0.15, 0.2) is 46.0 Å². The summed E-state index contributed by atoms with van der Waals surface area (Å²) in [6.07, 6.45) is 3.02. The highest BCUT2D eigenvalue weighted by Crippen LogP contribution is 2.36. The van der Waals surface area contributed by atoms with Crippen LogP contribution in [0.5, 0.6) is 11.5 Å². The standard InChI is InChI=1S/C23H24BrFN4O6/c1-33-19-10-14(11-27-29-23(32)22(31)26-12-17-3-2-8-34-17)9-18(24)21(19)35-13-20(30)28-16-6-4-15(25)5-7-16/h4-7,9-11,17H,2-3,8,12-13H2,1H3,(H,26,31)(H,28,30)(H,29,32)/b27-11-/t17-/m0/s1. The minimum Gasteiger partial charge on any atom is -0.493 e. The molecule has 2 aromatic carbocycles. The first-order valence-corrected chi connectivity index (χ1v) is 11.4. The van der Waals surface area contributed by atoms with Gasteiger partial charge in [-0.25, -0.2) is 9.82 Å². The quantitative estimate of drug-likeness (QED) is 0.250. The fraction of sp³-hybridized carbons (Fsp3) is 0.304. The lowest BCUT2D eigenvalue weighted by molar-refractivity contribution is -0.139. The molecule has 0 aromatic heterocycles. The summed E-state index contributed by atoms with van der Waals surface area (Å²) in [7, 11) is 1.42. The number of amides is 3. The molecule has 3 amide bonds. The molecule has 0 aliphatic carbocycles. The van der Waals surface area contributed by atoms with Gasteiger partial charge in [0.2, 0.25) is 0 Å². The molecule has 10 nitrogen and oxygen atoms in total. The van der Waals surface area contributed by atoms with E-state index in [1.54, 1.807) is 12.1 Å². The Morgan fingerprint density at radius 3 is 2.69 bits per heavy atom. The van der Waals surface area contributed by atoms with Crippen LogP contribution in [0.2, 0.25) is 0 Å². The van der Waals surface area contributed by atoms with E-state index in [2.05, 4.69) is 37.1 Å². The Balaban J connectivity index is 1.52. The zero-order valence-corrected chi connectivity index (χ0v) is 20.4. The maximum atomic E-state index is 13.0. The van der Waals surface area contributed by atoms with Gasteiger partial charge in [0.1, 0.15) is 5.82 Å². The Morgan fingerprint density at radius 2 is 2.00 bits per heavy atom. The average molecular weight is 551 g/mol. The van der Waals surface area contributed by atoms with Crippen molar-refractivity contribution in [2.75, 3.05) is 32.2 Å². The van der Waals surface area contributed by atoms with Gasteiger partial charge in [-0.05, 0) is 70.7 Å². The first-order valence-electron chi connectivity index (χ1n) is 10.6. The first kappa shape index (κ1) is 26.1. The molecule has 0 radical (unpaired) electrons. The molecule has 35 heavy (non-hydrogen) atoms. The van der Waals surface area contributed by atoms with Crippen LogP contribution in [0.4, 0.5) is 10.1 Å². The van der Waals surface area contributed by atoms with E-state index >= 15 is 0 Å². The minimum absolute atomic E-state index is 0.0743. The third-order valence-corrected chi connectivity index (χ3v) is 5.42. The van der Waals surface area contributed by atoms with Crippen LogP contribution in [-0.4, -0.2) is 56.9 Å². The van der Waals surface area contributed by atoms with E-state index in [0.29, 0.717) is 28.1 Å². The summed E-state index contributed by atoms with van der Waals surface area (Å²) in [6.45, 7) is 0.601. The van der Waals surface area contributed by atoms with E-state index in [4.69, 9.17) is 14.2 Å². The molecular formula is C23H24BrFN4O6. The number of anilines is 1. The van der Waals surface area contributed by atoms with Crippen LogP contribution < -0.4 is 25.5 Å². The number of carbonyl (C=O) groups excluding carboxylic acids is 3. The smallest absolute Gasteiger partial charge is 0.329 e. The van der Waals surface area contributed by atoms with E-state index in [1.807, 2.05) is 0 Å². The second-order valence-corrected chi connectivity index (χ2v) is 8.28. The highest BCUT2D eigenvalue weighted by molar-refractivity contribution is 9.10. The molecule has 0 saturated carbocycles. The summed E-state index contributed by atoms with van der Waals surface area (Å²) in [5, 5.41) is 8.89. The second-order valence-electron chi connectivity index (χ2n) is 7.42. The maximum Gasteiger partial charge on any atom is 0.329 e. The van der Waals surface area contributed by atoms with Crippen LogP contribution >= 0.6 is 15.9 Å². The number of benzene rings is 2. The highest BCUT2D eigenvalue weighted by Gasteiger charge is 2.19. The second kappa shape index (κ2) is 12.8. The minimum atomic E-state index is -0.905. The number of hydrogen-bond donors (Lipinski definition) is 3. The topological polar surface area (TPSA) is 127 Å². The maximum absolute atomic E-state index is 13.0. The van der Waals surface area contributed by atoms with Crippen LogP contribution in [0.1, 0.15) is 18.4 Å². The number of ether oxygens (including phenoxy) is 3. The van der Waals surface area contributed by atoms with E-state index in [-0.39, 0.29) is 25.0 Å². The third kappa shape index (κ3) is 8.04. The molecule has 2 aromatic rings. The van der Waals surface area contributed by atoms with E-state index in [9.17, 15) is 18.8 Å². The summed E-state index contributed by atoms with van der Waals surface area (Å²) < 4.78 is 29.7. The van der Waals surface area contributed by atoms with Gasteiger partial charge in [-0.1, -0.05) is 0 Å². The predicted molar refractivity (Wildman–Crippen MR) is 129 cm³/mol. The highest BCUT2D eigenvalue weighted by atomic mass is 79.9. The average Bonchev–Trinajstić information content (AvgIpc) is 3.36. The van der Waals surface area contributed by atoms with Crippen molar-refractivity contribution in [3.05, 3.63) is 52.3 Å². The lowest BCUT2D eigenvalue weighted by Crippen LogP contribution is -2.41. The Hall–Kier alpha value is -3.51. The van der Waals surface area contributed by atoms with Crippen molar-refractivity contribution in [2.45, 2.75) is 18.9 Å². The Morgan fingerprint density at radius 1 is 1.23 bits per heavy atom. The SMILES string of the molecule is COc1cc(/C=N\NC(=O)C(=O)NC[C@@H]2CCCO2)cc(Br)c1OCC(=O)Nc1ccc(F)cc1. The fourth-order valence-corrected chi connectivity index (χ4v) is 3.70. The number of carbonyl (C=O) groups is 3. The normalized spacial score (nSPS) is 15.0. The van der Waals surface area contributed by atoms with E-state index in [0.717, 1.165) is 12.8 Å². The number of nitrogens with one attached hydrogen (secondary N) is 3. The summed E-state index contributed by atoms with van der Waals surface area (Å²) in [5.74, 6) is -1.99. The number of rotatable bonds is 9. The molecule has 1 aliphatic rings. The summed E-state index contributed by atoms with van der Waals surface area (Å²) >= 11 is 3.36. The lowest BCUT2D eigenvalue weighted by atomic mass is 10.2. The van der Waals surface area contributed by atoms with Crippen molar-refractivity contribution in [3.8, 4) is 11.5 Å². The monoisotopic (exact) mass is 550 g/mol. The van der Waals surface area contributed by atoms with Gasteiger partial charge < -0.3 is 24.8 Å². The van der Waals surface area contributed by atoms with Crippen molar-refractivity contribution in [2.24, 2.45) is 5.10 Å². The first-order chi connectivity index (χ1) is 16.9. The van der Waals surface area contributed by atoms with Gasteiger partial charge in [0, 0.05) is 18.8 Å². The van der Waals surface area contributed by atoms with Gasteiger partial charge in [0.25, 0.3) is 5.91 Å². The van der Waals surface area contributed by atoms with Crippen molar-refractivity contribution in [1.82, 2.24) is 10.7 Å². The van der Waals surface area contributed by atoms with Crippen molar-refractivity contribution >= 4 is 45.6 Å². The molecule has 186 valence electrons. The molecule has 1 atom stereocenters. The Bertz CT molecular complexity index is 1090. The molecule has 1 fully saturated rings. The van der Waals surface area contributed by atoms with Crippen LogP contribution in [-0.2, 0) is 19.1 Å². The van der Waals surface area contributed by atoms with Gasteiger partial charge in [-0.15, -0.1) is 0 Å². The largest absolute Gasteiger partial charge is 0.493 e. The number of methoxy groups -OCH3 is 1. The van der Waals surface area contributed by atoms with Crippen LogP contribution in [0, 0.1) is 5.82 Å².